The summed E-state index contributed by atoms with van der Waals surface area (Å²) < 4.78 is 16.7. The summed E-state index contributed by atoms with van der Waals surface area (Å²) in [6.45, 7) is 3.93. The van der Waals surface area contributed by atoms with Crippen molar-refractivity contribution in [3.05, 3.63) is 64.3 Å². The molecule has 0 N–H and O–H groups in total. The van der Waals surface area contributed by atoms with E-state index in [2.05, 4.69) is 4.99 Å². The van der Waals surface area contributed by atoms with Crippen LogP contribution in [0.2, 0.25) is 5.02 Å². The Balaban J connectivity index is 1.88. The minimum atomic E-state index is -0.675. The summed E-state index contributed by atoms with van der Waals surface area (Å²) >= 11 is 6.17. The Morgan fingerprint density at radius 1 is 1.23 bits per heavy atom. The van der Waals surface area contributed by atoms with Crippen LogP contribution in [0.4, 0.5) is 0 Å². The van der Waals surface area contributed by atoms with E-state index in [9.17, 15) is 9.59 Å². The predicted molar refractivity (Wildman–Crippen MR) is 118 cm³/mol. The maximum absolute atomic E-state index is 12.3. The zero-order valence-corrected chi connectivity index (χ0v) is 18.5. The van der Waals surface area contributed by atoms with Gasteiger partial charge in [-0.2, -0.15) is 0 Å². The lowest BCUT2D eigenvalue weighted by molar-refractivity contribution is -0.135. The predicted octanol–water partition coefficient (Wildman–Crippen LogP) is 3.94. The fourth-order valence-electron chi connectivity index (χ4n) is 2.90. The number of cyclic esters (lactones) is 1. The van der Waals surface area contributed by atoms with Crippen LogP contribution < -0.4 is 9.47 Å². The van der Waals surface area contributed by atoms with Gasteiger partial charge >= 0.3 is 5.97 Å². The minimum absolute atomic E-state index is 0.141. The van der Waals surface area contributed by atoms with Crippen LogP contribution in [0.15, 0.2) is 53.2 Å². The molecule has 2 aromatic carbocycles. The summed E-state index contributed by atoms with van der Waals surface area (Å²) in [5, 5.41) is 0.442. The van der Waals surface area contributed by atoms with Crippen LogP contribution in [0.1, 0.15) is 25.0 Å². The molecule has 1 amide bonds. The van der Waals surface area contributed by atoms with Crippen molar-refractivity contribution in [3.63, 3.8) is 0 Å². The number of halogens is 1. The molecule has 7 nitrogen and oxygen atoms in total. The van der Waals surface area contributed by atoms with Gasteiger partial charge in [-0.1, -0.05) is 29.8 Å². The Kier molecular flexibility index (Phi) is 6.97. The maximum atomic E-state index is 12.3. The van der Waals surface area contributed by atoms with Gasteiger partial charge in [0.15, 0.2) is 23.3 Å². The highest BCUT2D eigenvalue weighted by Crippen LogP contribution is 2.31. The van der Waals surface area contributed by atoms with E-state index in [1.54, 1.807) is 69.6 Å². The fraction of sp³-hybridized carbons (Fsp3) is 0.261. The number of esters is 1. The zero-order valence-electron chi connectivity index (χ0n) is 17.7. The van der Waals surface area contributed by atoms with Crippen LogP contribution in [0.5, 0.6) is 11.5 Å². The third-order valence-corrected chi connectivity index (χ3v) is 4.72. The van der Waals surface area contributed by atoms with E-state index >= 15 is 0 Å². The zero-order chi connectivity index (χ0) is 22.5. The Labute approximate surface area is 185 Å². The van der Waals surface area contributed by atoms with Crippen molar-refractivity contribution in [1.29, 1.82) is 0 Å². The molecule has 0 bridgehead atoms. The Morgan fingerprint density at radius 2 is 1.97 bits per heavy atom. The van der Waals surface area contributed by atoms with Crippen molar-refractivity contribution in [2.45, 2.75) is 20.0 Å². The van der Waals surface area contributed by atoms with Gasteiger partial charge < -0.3 is 19.1 Å². The number of ether oxygens (including phenoxy) is 3. The lowest BCUT2D eigenvalue weighted by atomic mass is 10.1. The van der Waals surface area contributed by atoms with Gasteiger partial charge in [0.2, 0.25) is 5.90 Å². The highest BCUT2D eigenvalue weighted by Gasteiger charge is 2.26. The van der Waals surface area contributed by atoms with E-state index in [-0.39, 0.29) is 17.5 Å². The number of likely N-dealkylation sites (N-methyl/N-ethyl adjacent to an activating group) is 1. The van der Waals surface area contributed by atoms with Crippen molar-refractivity contribution < 1.29 is 23.8 Å². The van der Waals surface area contributed by atoms with Gasteiger partial charge in [-0.3, -0.25) is 4.79 Å². The van der Waals surface area contributed by atoms with Gasteiger partial charge in [-0.05, 0) is 49.8 Å². The molecule has 1 aliphatic heterocycles. The number of amides is 1. The van der Waals surface area contributed by atoms with Crippen LogP contribution in [-0.2, 0) is 14.3 Å². The summed E-state index contributed by atoms with van der Waals surface area (Å²) in [4.78, 5) is 30.1. The number of hydrogen-bond acceptors (Lipinski definition) is 6. The summed E-state index contributed by atoms with van der Waals surface area (Å²) in [5.41, 5.74) is 1.35. The number of aliphatic imine (C=N–C) groups is 1. The standard InChI is InChI=1S/C23H23ClN2O5/c1-5-29-20-13-15(10-11-19(20)30-14(2)22(27)26(3)4)12-18-23(28)31-21(25-18)16-8-6-7-9-17(16)24/h6-14H,5H2,1-4H3/b18-12-. The van der Waals surface area contributed by atoms with Gasteiger partial charge in [0.05, 0.1) is 17.2 Å². The summed E-state index contributed by atoms with van der Waals surface area (Å²) in [7, 11) is 3.33. The molecule has 0 radical (unpaired) electrons. The maximum Gasteiger partial charge on any atom is 0.363 e. The van der Waals surface area contributed by atoms with Gasteiger partial charge in [-0.25, -0.2) is 9.79 Å². The van der Waals surface area contributed by atoms with Gasteiger partial charge in [0.1, 0.15) is 0 Å². The van der Waals surface area contributed by atoms with E-state index in [4.69, 9.17) is 25.8 Å². The van der Waals surface area contributed by atoms with Gasteiger partial charge in [-0.15, -0.1) is 0 Å². The first kappa shape index (κ1) is 22.4. The van der Waals surface area contributed by atoms with Crippen molar-refractivity contribution in [2.75, 3.05) is 20.7 Å². The van der Waals surface area contributed by atoms with E-state index in [1.165, 1.54) is 4.90 Å². The molecule has 1 heterocycles. The number of carbonyl (C=O) groups excluding carboxylic acids is 2. The molecule has 0 saturated carbocycles. The Bertz CT molecular complexity index is 1060. The Hall–Kier alpha value is -3.32. The van der Waals surface area contributed by atoms with Crippen molar-refractivity contribution in [1.82, 2.24) is 4.90 Å². The minimum Gasteiger partial charge on any atom is -0.490 e. The average Bonchev–Trinajstić information content (AvgIpc) is 3.09. The van der Waals surface area contributed by atoms with Crippen LogP contribution in [0.3, 0.4) is 0 Å². The molecule has 0 aliphatic carbocycles. The molecule has 3 rings (SSSR count). The summed E-state index contributed by atoms with van der Waals surface area (Å²) in [5.74, 6) is 0.308. The smallest absolute Gasteiger partial charge is 0.363 e. The largest absolute Gasteiger partial charge is 0.490 e. The molecular formula is C23H23ClN2O5. The Morgan fingerprint density at radius 3 is 2.65 bits per heavy atom. The lowest BCUT2D eigenvalue weighted by Crippen LogP contribution is -2.35. The summed E-state index contributed by atoms with van der Waals surface area (Å²) in [6.07, 6.45) is 0.915. The number of rotatable bonds is 7. The highest BCUT2D eigenvalue weighted by molar-refractivity contribution is 6.34. The molecule has 0 fully saturated rings. The molecule has 0 aromatic heterocycles. The summed E-state index contributed by atoms with van der Waals surface area (Å²) in [6, 6.07) is 12.1. The van der Waals surface area contributed by atoms with E-state index < -0.39 is 12.1 Å². The number of hydrogen-bond donors (Lipinski definition) is 0. The molecule has 1 unspecified atom stereocenters. The van der Waals surface area contributed by atoms with E-state index in [0.29, 0.717) is 34.3 Å². The molecule has 0 spiro atoms. The van der Waals surface area contributed by atoms with Crippen molar-refractivity contribution in [2.24, 2.45) is 4.99 Å². The monoisotopic (exact) mass is 442 g/mol. The van der Waals surface area contributed by atoms with Crippen LogP contribution in [0.25, 0.3) is 6.08 Å². The first-order valence-electron chi connectivity index (χ1n) is 9.72. The third kappa shape index (κ3) is 5.24. The number of nitrogens with zero attached hydrogens (tertiary/aromatic N) is 2. The lowest BCUT2D eigenvalue weighted by Gasteiger charge is -2.20. The van der Waals surface area contributed by atoms with Crippen molar-refractivity contribution >= 4 is 35.5 Å². The first-order chi connectivity index (χ1) is 14.8. The molecule has 31 heavy (non-hydrogen) atoms. The van der Waals surface area contributed by atoms with Crippen LogP contribution >= 0.6 is 11.6 Å². The quantitative estimate of drug-likeness (QED) is 0.479. The SMILES string of the molecule is CCOc1cc(/C=C2\N=C(c3ccccc3Cl)OC2=O)ccc1OC(C)C(=O)N(C)C. The molecule has 8 heteroatoms. The third-order valence-electron chi connectivity index (χ3n) is 4.39. The van der Waals surface area contributed by atoms with E-state index in [1.807, 2.05) is 6.92 Å². The second-order valence-electron chi connectivity index (χ2n) is 6.95. The number of carbonyl (C=O) groups is 2. The molecular weight excluding hydrogens is 420 g/mol. The van der Waals surface area contributed by atoms with Gasteiger partial charge in [0.25, 0.3) is 5.91 Å². The topological polar surface area (TPSA) is 77.4 Å². The molecule has 0 saturated heterocycles. The second kappa shape index (κ2) is 9.66. The second-order valence-corrected chi connectivity index (χ2v) is 7.36. The van der Waals surface area contributed by atoms with E-state index in [0.717, 1.165) is 0 Å². The fourth-order valence-corrected chi connectivity index (χ4v) is 3.12. The highest BCUT2D eigenvalue weighted by atomic mass is 35.5. The normalized spacial score (nSPS) is 15.3. The molecule has 2 aromatic rings. The molecule has 1 atom stereocenters. The average molecular weight is 443 g/mol. The van der Waals surface area contributed by atoms with Crippen LogP contribution in [0, 0.1) is 0 Å². The van der Waals surface area contributed by atoms with Crippen molar-refractivity contribution in [3.8, 4) is 11.5 Å². The van der Waals surface area contributed by atoms with Crippen LogP contribution in [-0.4, -0.2) is 49.5 Å². The molecule has 1 aliphatic rings. The first-order valence-corrected chi connectivity index (χ1v) is 10.1. The number of benzene rings is 2. The molecule has 162 valence electrons. The van der Waals surface area contributed by atoms with Gasteiger partial charge in [0, 0.05) is 14.1 Å².